The number of piperidine rings is 1. The lowest BCUT2D eigenvalue weighted by Crippen LogP contribution is -2.38. The van der Waals surface area contributed by atoms with Crippen LogP contribution in [-0.2, 0) is 6.54 Å². The number of ether oxygens (including phenoxy) is 1. The van der Waals surface area contributed by atoms with Crippen molar-refractivity contribution in [3.05, 3.63) is 65.4 Å². The molecular formula is C22H26N2O2. The second-order valence-corrected chi connectivity index (χ2v) is 7.22. The Balaban J connectivity index is 1.72. The summed E-state index contributed by atoms with van der Waals surface area (Å²) in [5, 5.41) is 11.5. The summed E-state index contributed by atoms with van der Waals surface area (Å²) in [6, 6.07) is 15.0. The Morgan fingerprint density at radius 2 is 2.04 bits per heavy atom. The van der Waals surface area contributed by atoms with Gasteiger partial charge in [0.05, 0.1) is 13.2 Å². The van der Waals surface area contributed by atoms with Gasteiger partial charge in [-0.1, -0.05) is 30.3 Å². The van der Waals surface area contributed by atoms with E-state index in [1.165, 1.54) is 27.6 Å². The van der Waals surface area contributed by atoms with Crippen molar-refractivity contribution in [1.82, 2.24) is 9.88 Å². The van der Waals surface area contributed by atoms with Gasteiger partial charge < -0.3 is 14.8 Å². The molecule has 4 nitrogen and oxygen atoms in total. The van der Waals surface area contributed by atoms with E-state index in [9.17, 15) is 5.11 Å². The number of aliphatic hydroxyl groups is 1. The van der Waals surface area contributed by atoms with Crippen molar-refractivity contribution >= 4 is 10.9 Å². The van der Waals surface area contributed by atoms with Gasteiger partial charge in [-0.3, -0.25) is 4.90 Å². The van der Waals surface area contributed by atoms with E-state index in [2.05, 4.69) is 53.2 Å². The number of methoxy groups -OCH3 is 1. The SMILES string of the molecule is COc1cc(C)c2[nH]ccc2c1CN1CC[C@H](O)C[C@H]1c1ccccc1. The first kappa shape index (κ1) is 17.1. The minimum atomic E-state index is -0.233. The van der Waals surface area contributed by atoms with Crippen molar-refractivity contribution in [3.63, 3.8) is 0 Å². The first-order chi connectivity index (χ1) is 12.7. The van der Waals surface area contributed by atoms with Crippen molar-refractivity contribution in [2.45, 2.75) is 38.5 Å². The monoisotopic (exact) mass is 350 g/mol. The highest BCUT2D eigenvalue weighted by Gasteiger charge is 2.29. The average Bonchev–Trinajstić information content (AvgIpc) is 3.16. The number of nitrogens with one attached hydrogen (secondary N) is 1. The fourth-order valence-electron chi connectivity index (χ4n) is 4.19. The second-order valence-electron chi connectivity index (χ2n) is 7.22. The molecule has 2 atom stereocenters. The van der Waals surface area contributed by atoms with Crippen molar-refractivity contribution in [1.29, 1.82) is 0 Å². The summed E-state index contributed by atoms with van der Waals surface area (Å²) in [6.07, 6.45) is 3.35. The Morgan fingerprint density at radius 1 is 1.23 bits per heavy atom. The van der Waals surface area contributed by atoms with E-state index < -0.39 is 0 Å². The highest BCUT2D eigenvalue weighted by atomic mass is 16.5. The lowest BCUT2D eigenvalue weighted by atomic mass is 9.92. The number of hydrogen-bond acceptors (Lipinski definition) is 3. The van der Waals surface area contributed by atoms with Crippen LogP contribution < -0.4 is 4.74 Å². The van der Waals surface area contributed by atoms with Crippen LogP contribution in [0.2, 0.25) is 0 Å². The first-order valence-electron chi connectivity index (χ1n) is 9.28. The van der Waals surface area contributed by atoms with Gasteiger partial charge in [0.15, 0.2) is 0 Å². The predicted octanol–water partition coefficient (Wildman–Crippen LogP) is 4.18. The zero-order valence-corrected chi connectivity index (χ0v) is 15.4. The molecule has 1 saturated heterocycles. The number of likely N-dealkylation sites (tertiary alicyclic amines) is 1. The number of hydrogen-bond donors (Lipinski definition) is 2. The van der Waals surface area contributed by atoms with Crippen LogP contribution in [0.3, 0.4) is 0 Å². The fourth-order valence-corrected chi connectivity index (χ4v) is 4.19. The van der Waals surface area contributed by atoms with Crippen LogP contribution >= 0.6 is 0 Å². The van der Waals surface area contributed by atoms with Crippen LogP contribution in [0.15, 0.2) is 48.7 Å². The molecule has 26 heavy (non-hydrogen) atoms. The minimum absolute atomic E-state index is 0.222. The predicted molar refractivity (Wildman–Crippen MR) is 104 cm³/mol. The summed E-state index contributed by atoms with van der Waals surface area (Å²) in [6.45, 7) is 3.79. The van der Waals surface area contributed by atoms with Crippen LogP contribution in [0.5, 0.6) is 5.75 Å². The summed E-state index contributed by atoms with van der Waals surface area (Å²) in [5.41, 5.74) is 4.85. The number of rotatable bonds is 4. The molecule has 4 heteroatoms. The molecule has 2 N–H and O–H groups in total. The molecule has 0 spiro atoms. The minimum Gasteiger partial charge on any atom is -0.496 e. The molecule has 0 bridgehead atoms. The Bertz CT molecular complexity index is 888. The second kappa shape index (κ2) is 7.14. The summed E-state index contributed by atoms with van der Waals surface area (Å²) in [4.78, 5) is 5.83. The number of aliphatic hydroxyl groups excluding tert-OH is 1. The molecule has 2 heterocycles. The fraction of sp³-hybridized carbons (Fsp3) is 0.364. The topological polar surface area (TPSA) is 48.5 Å². The zero-order chi connectivity index (χ0) is 18.1. The molecule has 1 aliphatic rings. The highest BCUT2D eigenvalue weighted by Crippen LogP contribution is 2.37. The van der Waals surface area contributed by atoms with E-state index in [4.69, 9.17) is 4.74 Å². The maximum absolute atomic E-state index is 10.2. The third-order valence-corrected chi connectivity index (χ3v) is 5.56. The van der Waals surface area contributed by atoms with Gasteiger partial charge in [0, 0.05) is 41.8 Å². The standard InChI is InChI=1S/C22H26N2O2/c1-15-12-21(26-2)19(18-8-10-23-22(15)18)14-24-11-9-17(25)13-20(24)16-6-4-3-5-7-16/h3-8,10,12,17,20,23,25H,9,11,13-14H2,1-2H3/t17-,20-/m0/s1. The number of aryl methyl sites for hydroxylation is 1. The molecule has 4 rings (SSSR count). The van der Waals surface area contributed by atoms with Crippen LogP contribution in [0, 0.1) is 6.92 Å². The van der Waals surface area contributed by atoms with Gasteiger partial charge in [-0.2, -0.15) is 0 Å². The number of aromatic amines is 1. The highest BCUT2D eigenvalue weighted by molar-refractivity contribution is 5.88. The van der Waals surface area contributed by atoms with Gasteiger partial charge >= 0.3 is 0 Å². The van der Waals surface area contributed by atoms with Crippen LogP contribution in [-0.4, -0.2) is 34.7 Å². The molecule has 0 radical (unpaired) electrons. The molecule has 3 aromatic rings. The Kier molecular flexibility index (Phi) is 4.70. The molecule has 2 aromatic carbocycles. The van der Waals surface area contributed by atoms with E-state index in [1.807, 2.05) is 12.3 Å². The summed E-state index contributed by atoms with van der Waals surface area (Å²) in [7, 11) is 1.74. The summed E-state index contributed by atoms with van der Waals surface area (Å²) in [5.74, 6) is 0.938. The Morgan fingerprint density at radius 3 is 2.81 bits per heavy atom. The van der Waals surface area contributed by atoms with Gasteiger partial charge in [-0.05, 0) is 43.0 Å². The summed E-state index contributed by atoms with van der Waals surface area (Å²) < 4.78 is 5.72. The number of benzene rings is 2. The van der Waals surface area contributed by atoms with E-state index in [0.29, 0.717) is 0 Å². The third kappa shape index (κ3) is 3.11. The molecule has 0 unspecified atom stereocenters. The van der Waals surface area contributed by atoms with Crippen molar-refractivity contribution < 1.29 is 9.84 Å². The van der Waals surface area contributed by atoms with E-state index in [-0.39, 0.29) is 12.1 Å². The smallest absolute Gasteiger partial charge is 0.124 e. The van der Waals surface area contributed by atoms with Crippen molar-refractivity contribution in [3.8, 4) is 5.75 Å². The van der Waals surface area contributed by atoms with E-state index in [1.54, 1.807) is 7.11 Å². The first-order valence-corrected chi connectivity index (χ1v) is 9.28. The Labute approximate surface area is 154 Å². The molecule has 0 aliphatic carbocycles. The molecule has 1 fully saturated rings. The quantitative estimate of drug-likeness (QED) is 0.742. The molecule has 1 aromatic heterocycles. The lowest BCUT2D eigenvalue weighted by molar-refractivity contribution is 0.0363. The third-order valence-electron chi connectivity index (χ3n) is 5.56. The van der Waals surface area contributed by atoms with Crippen LogP contribution in [0.25, 0.3) is 10.9 Å². The number of fused-ring (bicyclic) bond motifs is 1. The molecule has 136 valence electrons. The number of nitrogens with zero attached hydrogens (tertiary/aromatic N) is 1. The van der Waals surface area contributed by atoms with Crippen molar-refractivity contribution in [2.24, 2.45) is 0 Å². The number of aromatic nitrogens is 1. The van der Waals surface area contributed by atoms with Gasteiger partial charge in [0.25, 0.3) is 0 Å². The summed E-state index contributed by atoms with van der Waals surface area (Å²) >= 11 is 0. The maximum atomic E-state index is 10.2. The van der Waals surface area contributed by atoms with Gasteiger partial charge in [-0.25, -0.2) is 0 Å². The van der Waals surface area contributed by atoms with Crippen LogP contribution in [0.4, 0.5) is 0 Å². The maximum Gasteiger partial charge on any atom is 0.124 e. The number of H-pyrrole nitrogens is 1. The lowest BCUT2D eigenvalue weighted by Gasteiger charge is -2.38. The van der Waals surface area contributed by atoms with Gasteiger partial charge in [-0.15, -0.1) is 0 Å². The average molecular weight is 350 g/mol. The zero-order valence-electron chi connectivity index (χ0n) is 15.4. The van der Waals surface area contributed by atoms with Gasteiger partial charge in [0.2, 0.25) is 0 Å². The van der Waals surface area contributed by atoms with E-state index in [0.717, 1.165) is 31.7 Å². The molecule has 0 saturated carbocycles. The van der Waals surface area contributed by atoms with Gasteiger partial charge in [0.1, 0.15) is 5.75 Å². The largest absolute Gasteiger partial charge is 0.496 e. The normalized spacial score (nSPS) is 21.2. The van der Waals surface area contributed by atoms with E-state index >= 15 is 0 Å². The molecular weight excluding hydrogens is 324 g/mol. The van der Waals surface area contributed by atoms with Crippen molar-refractivity contribution in [2.75, 3.05) is 13.7 Å². The molecule has 0 amide bonds. The molecule has 1 aliphatic heterocycles. The van der Waals surface area contributed by atoms with Crippen LogP contribution in [0.1, 0.15) is 35.6 Å². The Hall–Kier alpha value is -2.30.